The normalized spacial score (nSPS) is 12.6. The molecule has 0 fully saturated rings. The predicted octanol–water partition coefficient (Wildman–Crippen LogP) is 3.92. The van der Waals surface area contributed by atoms with Crippen LogP contribution in [0.4, 0.5) is 0 Å². The molecule has 0 radical (unpaired) electrons. The van der Waals surface area contributed by atoms with E-state index in [4.69, 9.17) is 4.42 Å². The fourth-order valence-corrected chi connectivity index (χ4v) is 4.78. The number of Topliss-reactive ketones (excluding diaryl/α,β-unsaturated/α-hetero) is 1. The molecular formula is C30H30N2O4S. The molecular weight excluding hydrogens is 484 g/mol. The molecule has 6 nitrogen and oxygen atoms in total. The van der Waals surface area contributed by atoms with E-state index in [0.29, 0.717) is 20.5 Å². The lowest BCUT2D eigenvalue weighted by atomic mass is 9.86. The fourth-order valence-electron chi connectivity index (χ4n) is 3.74. The minimum atomic E-state index is -0.352. The number of aromatic nitrogens is 1. The van der Waals surface area contributed by atoms with Gasteiger partial charge in [-0.15, -0.1) is 11.3 Å². The van der Waals surface area contributed by atoms with Crippen LogP contribution in [0.25, 0.3) is 12.2 Å². The van der Waals surface area contributed by atoms with Crippen LogP contribution >= 0.6 is 11.3 Å². The maximum atomic E-state index is 13.3. The Kier molecular flexibility index (Phi) is 7.74. The van der Waals surface area contributed by atoms with Crippen LogP contribution in [0, 0.1) is 6.92 Å². The van der Waals surface area contributed by atoms with E-state index in [9.17, 15) is 14.4 Å². The second kappa shape index (κ2) is 11.0. The molecule has 0 saturated heterocycles. The molecule has 0 bridgehead atoms. The highest BCUT2D eigenvalue weighted by Crippen LogP contribution is 2.22. The molecule has 2 heterocycles. The van der Waals surface area contributed by atoms with Gasteiger partial charge in [-0.05, 0) is 41.7 Å². The molecule has 0 spiro atoms. The quantitative estimate of drug-likeness (QED) is 0.379. The number of nitrogens with zero attached hydrogens (tertiary/aromatic N) is 1. The maximum absolute atomic E-state index is 13.3. The summed E-state index contributed by atoms with van der Waals surface area (Å²) in [6.07, 6.45) is 4.75. The number of hydrogen-bond acceptors (Lipinski definition) is 5. The zero-order valence-corrected chi connectivity index (χ0v) is 22.2. The number of amides is 1. The van der Waals surface area contributed by atoms with Crippen molar-refractivity contribution in [2.75, 3.05) is 0 Å². The number of thiazole rings is 1. The van der Waals surface area contributed by atoms with Crippen molar-refractivity contribution in [1.29, 1.82) is 0 Å². The van der Waals surface area contributed by atoms with Gasteiger partial charge in [-0.25, -0.2) is 0 Å². The summed E-state index contributed by atoms with van der Waals surface area (Å²) in [6, 6.07) is 18.8. The summed E-state index contributed by atoms with van der Waals surface area (Å²) in [4.78, 5) is 39.1. The lowest BCUT2D eigenvalue weighted by molar-refractivity contribution is -0.122. The SMILES string of the molecule is Cc1ccc(/C=c2/s/c(=C\C(=O)c3ccc(C(C)(C)C)cc3)n(CC(=O)NCc3ccco3)c2=O)cc1. The number of nitrogens with one attached hydrogen (secondary N) is 1. The summed E-state index contributed by atoms with van der Waals surface area (Å²) in [6.45, 7) is 8.34. The minimum absolute atomic E-state index is 0.0246. The highest BCUT2D eigenvalue weighted by Gasteiger charge is 2.15. The lowest BCUT2D eigenvalue weighted by Gasteiger charge is -2.18. The number of carbonyl (C=O) groups is 2. The van der Waals surface area contributed by atoms with E-state index in [1.165, 1.54) is 28.2 Å². The Morgan fingerprint density at radius 1 is 1.03 bits per heavy atom. The van der Waals surface area contributed by atoms with Crippen LogP contribution in [-0.2, 0) is 23.3 Å². The van der Waals surface area contributed by atoms with Crippen molar-refractivity contribution < 1.29 is 14.0 Å². The molecule has 2 aromatic heterocycles. The molecule has 0 aliphatic heterocycles. The first-order valence-corrected chi connectivity index (χ1v) is 12.9. The molecule has 0 saturated carbocycles. The first-order valence-electron chi connectivity index (χ1n) is 12.0. The number of carbonyl (C=O) groups excluding carboxylic acids is 2. The van der Waals surface area contributed by atoms with Crippen LogP contribution in [0.2, 0.25) is 0 Å². The standard InChI is InChI=1S/C30H30N2O4S/c1-20-7-9-21(10-8-20)16-26-29(35)32(19-27(34)31-18-24-6-5-15-36-24)28(37-26)17-25(33)22-11-13-23(14-12-22)30(2,3)4/h5-17H,18-19H2,1-4H3,(H,31,34)/b26-16+,28-17-. The van der Waals surface area contributed by atoms with Gasteiger partial charge in [0.1, 0.15) is 17.0 Å². The average molecular weight is 515 g/mol. The Morgan fingerprint density at radius 3 is 2.35 bits per heavy atom. The molecule has 0 aliphatic carbocycles. The Bertz CT molecular complexity index is 1570. The van der Waals surface area contributed by atoms with Crippen molar-refractivity contribution in [3.8, 4) is 0 Å². The Balaban J connectivity index is 1.70. The van der Waals surface area contributed by atoms with Crippen LogP contribution in [-0.4, -0.2) is 16.3 Å². The molecule has 1 amide bonds. The van der Waals surface area contributed by atoms with Crippen molar-refractivity contribution in [2.24, 2.45) is 0 Å². The number of aryl methyl sites for hydroxylation is 1. The van der Waals surface area contributed by atoms with Gasteiger partial charge >= 0.3 is 0 Å². The molecule has 0 aliphatic rings. The fraction of sp³-hybridized carbons (Fsp3) is 0.233. The summed E-state index contributed by atoms with van der Waals surface area (Å²) in [7, 11) is 0. The second-order valence-electron chi connectivity index (χ2n) is 9.94. The monoisotopic (exact) mass is 514 g/mol. The van der Waals surface area contributed by atoms with Crippen LogP contribution in [0.1, 0.15) is 53.6 Å². The van der Waals surface area contributed by atoms with Gasteiger partial charge in [-0.2, -0.15) is 0 Å². The smallest absolute Gasteiger partial charge is 0.269 e. The topological polar surface area (TPSA) is 81.3 Å². The largest absolute Gasteiger partial charge is 0.467 e. The van der Waals surface area contributed by atoms with Gasteiger partial charge in [0, 0.05) is 11.6 Å². The van der Waals surface area contributed by atoms with Crippen molar-refractivity contribution in [3.05, 3.63) is 114 Å². The van der Waals surface area contributed by atoms with Gasteiger partial charge in [-0.1, -0.05) is 74.9 Å². The number of furan rings is 1. The molecule has 4 rings (SSSR count). The first-order chi connectivity index (χ1) is 17.6. The third-order valence-electron chi connectivity index (χ3n) is 5.94. The van der Waals surface area contributed by atoms with Crippen LogP contribution < -0.4 is 20.1 Å². The van der Waals surface area contributed by atoms with Crippen LogP contribution in [0.3, 0.4) is 0 Å². The minimum Gasteiger partial charge on any atom is -0.467 e. The predicted molar refractivity (Wildman–Crippen MR) is 147 cm³/mol. The zero-order chi connectivity index (χ0) is 26.6. The molecule has 2 aromatic carbocycles. The van der Waals surface area contributed by atoms with Crippen molar-refractivity contribution in [2.45, 2.75) is 46.2 Å². The molecule has 4 aromatic rings. The molecule has 7 heteroatoms. The van der Waals surface area contributed by atoms with Gasteiger partial charge < -0.3 is 9.73 Å². The van der Waals surface area contributed by atoms with E-state index in [1.54, 1.807) is 30.3 Å². The summed E-state index contributed by atoms with van der Waals surface area (Å²) in [5.41, 5.74) is 3.29. The van der Waals surface area contributed by atoms with E-state index < -0.39 is 0 Å². The number of ketones is 1. The molecule has 1 N–H and O–H groups in total. The van der Waals surface area contributed by atoms with E-state index >= 15 is 0 Å². The van der Waals surface area contributed by atoms with Crippen molar-refractivity contribution in [1.82, 2.24) is 9.88 Å². The summed E-state index contributed by atoms with van der Waals surface area (Å²) in [5.74, 6) is 0.0308. The number of rotatable bonds is 7. The molecule has 37 heavy (non-hydrogen) atoms. The summed E-state index contributed by atoms with van der Waals surface area (Å²) < 4.78 is 7.47. The highest BCUT2D eigenvalue weighted by atomic mass is 32.1. The van der Waals surface area contributed by atoms with Gasteiger partial charge in [0.25, 0.3) is 5.56 Å². The number of hydrogen-bond donors (Lipinski definition) is 1. The van der Waals surface area contributed by atoms with Gasteiger partial charge in [0.2, 0.25) is 5.91 Å². The summed E-state index contributed by atoms with van der Waals surface area (Å²) in [5, 5.41) is 2.76. The Morgan fingerprint density at radius 2 is 1.73 bits per heavy atom. The first kappa shape index (κ1) is 26.1. The molecule has 190 valence electrons. The van der Waals surface area contributed by atoms with Gasteiger partial charge in [-0.3, -0.25) is 19.0 Å². The van der Waals surface area contributed by atoms with E-state index in [2.05, 4.69) is 26.1 Å². The van der Waals surface area contributed by atoms with Gasteiger partial charge in [0.05, 0.1) is 17.3 Å². The second-order valence-corrected chi connectivity index (χ2v) is 11.0. The van der Waals surface area contributed by atoms with Crippen LogP contribution in [0.5, 0.6) is 0 Å². The van der Waals surface area contributed by atoms with Crippen molar-refractivity contribution >= 4 is 35.2 Å². The maximum Gasteiger partial charge on any atom is 0.269 e. The van der Waals surface area contributed by atoms with Crippen LogP contribution in [0.15, 0.2) is 76.1 Å². The van der Waals surface area contributed by atoms with E-state index in [0.717, 1.165) is 16.7 Å². The number of benzene rings is 2. The Hall–Kier alpha value is -3.97. The van der Waals surface area contributed by atoms with Gasteiger partial charge in [0.15, 0.2) is 5.78 Å². The third kappa shape index (κ3) is 6.62. The zero-order valence-electron chi connectivity index (χ0n) is 21.4. The van der Waals surface area contributed by atoms with E-state index in [1.807, 2.05) is 43.3 Å². The third-order valence-corrected chi connectivity index (χ3v) is 7.00. The lowest BCUT2D eigenvalue weighted by Crippen LogP contribution is -2.38. The van der Waals surface area contributed by atoms with Crippen molar-refractivity contribution in [3.63, 3.8) is 0 Å². The average Bonchev–Trinajstić information content (AvgIpc) is 3.48. The highest BCUT2D eigenvalue weighted by molar-refractivity contribution is 7.07. The Labute approximate surface area is 219 Å². The molecule has 0 atom stereocenters. The van der Waals surface area contributed by atoms with E-state index in [-0.39, 0.29) is 35.8 Å². The summed E-state index contributed by atoms with van der Waals surface area (Å²) >= 11 is 1.19. The molecule has 0 unspecified atom stereocenters.